The van der Waals surface area contributed by atoms with Crippen molar-refractivity contribution in [2.24, 2.45) is 0 Å². The molecule has 0 spiro atoms. The summed E-state index contributed by atoms with van der Waals surface area (Å²) in [4.78, 5) is 24.8. The molecule has 0 bridgehead atoms. The van der Waals surface area contributed by atoms with E-state index < -0.39 is 36.6 Å². The standard InChI is InChI=1S/C31H22F5N5O4/c1-43-30(42)26-8-7-25-29(40-26)41(9-10-44-31(35)36)27(38-25)13-19-12-23(34)20(14-22(19)33)24-3-2-4-28(39-24)45-16-18-6-5-17(15-37)11-21(18)32/h2-8,11-12,14,31H,9-10,13,16H2,1H3. The molecule has 0 N–H and O–H groups in total. The lowest BCUT2D eigenvalue weighted by Crippen LogP contribution is -2.13. The highest BCUT2D eigenvalue weighted by atomic mass is 19.3. The first-order valence-electron chi connectivity index (χ1n) is 13.3. The normalized spacial score (nSPS) is 11.2. The number of benzene rings is 2. The maximum absolute atomic E-state index is 15.4. The van der Waals surface area contributed by atoms with E-state index in [0.29, 0.717) is 0 Å². The SMILES string of the molecule is COC(=O)c1ccc2nc(Cc3cc(F)c(-c4cccc(OCc5ccc(C#N)cc5F)n4)cc3F)n(CCOC(F)F)c2n1. The second kappa shape index (κ2) is 13.5. The van der Waals surface area contributed by atoms with E-state index in [9.17, 15) is 18.0 Å². The highest BCUT2D eigenvalue weighted by Gasteiger charge is 2.20. The molecule has 0 atom stereocenters. The third-order valence-electron chi connectivity index (χ3n) is 6.67. The molecule has 14 heteroatoms. The third kappa shape index (κ3) is 7.05. The molecule has 0 fully saturated rings. The summed E-state index contributed by atoms with van der Waals surface area (Å²) < 4.78 is 86.3. The van der Waals surface area contributed by atoms with Crippen molar-refractivity contribution in [2.45, 2.75) is 26.2 Å². The summed E-state index contributed by atoms with van der Waals surface area (Å²) in [6.45, 7) is -3.87. The molecule has 0 unspecified atom stereocenters. The predicted octanol–water partition coefficient (Wildman–Crippen LogP) is 5.98. The third-order valence-corrected chi connectivity index (χ3v) is 6.67. The van der Waals surface area contributed by atoms with Gasteiger partial charge in [0.05, 0.1) is 31.0 Å². The monoisotopic (exact) mass is 623 g/mol. The van der Waals surface area contributed by atoms with Gasteiger partial charge in [-0.05, 0) is 48.0 Å². The Morgan fingerprint density at radius 3 is 2.49 bits per heavy atom. The summed E-state index contributed by atoms with van der Waals surface area (Å²) in [5.41, 5.74) is 0.473. The van der Waals surface area contributed by atoms with Gasteiger partial charge in [0.1, 0.15) is 35.4 Å². The number of halogens is 5. The van der Waals surface area contributed by atoms with Gasteiger partial charge < -0.3 is 18.8 Å². The van der Waals surface area contributed by atoms with Crippen molar-refractivity contribution in [1.29, 1.82) is 5.26 Å². The fourth-order valence-electron chi connectivity index (χ4n) is 4.49. The first-order valence-corrected chi connectivity index (χ1v) is 13.3. The average Bonchev–Trinajstić information content (AvgIpc) is 3.37. The first kappa shape index (κ1) is 31.0. The molecular weight excluding hydrogens is 601 g/mol. The van der Waals surface area contributed by atoms with Gasteiger partial charge in [0.2, 0.25) is 5.88 Å². The van der Waals surface area contributed by atoms with Crippen LogP contribution < -0.4 is 4.74 Å². The zero-order valence-corrected chi connectivity index (χ0v) is 23.4. The van der Waals surface area contributed by atoms with Gasteiger partial charge >= 0.3 is 12.6 Å². The molecule has 5 rings (SSSR count). The summed E-state index contributed by atoms with van der Waals surface area (Å²) in [5.74, 6) is -2.80. The molecule has 0 aliphatic carbocycles. The summed E-state index contributed by atoms with van der Waals surface area (Å²) in [7, 11) is 1.17. The van der Waals surface area contributed by atoms with Crippen molar-refractivity contribution >= 4 is 17.1 Å². The molecule has 0 saturated heterocycles. The van der Waals surface area contributed by atoms with Crippen LogP contribution in [-0.2, 0) is 29.0 Å². The Bertz CT molecular complexity index is 1930. The Balaban J connectivity index is 1.40. The number of hydrogen-bond donors (Lipinski definition) is 0. The van der Waals surface area contributed by atoms with Gasteiger partial charge in [-0.25, -0.2) is 32.9 Å². The van der Waals surface area contributed by atoms with Crippen LogP contribution in [-0.4, -0.2) is 45.8 Å². The number of fused-ring (bicyclic) bond motifs is 1. The topological polar surface area (TPSA) is 112 Å². The summed E-state index contributed by atoms with van der Waals surface area (Å²) in [6, 6.07) is 14.9. The smallest absolute Gasteiger partial charge is 0.356 e. The maximum Gasteiger partial charge on any atom is 0.356 e. The Labute approximate surface area is 252 Å². The fourth-order valence-corrected chi connectivity index (χ4v) is 4.49. The van der Waals surface area contributed by atoms with Gasteiger partial charge in [-0.3, -0.25) is 0 Å². The summed E-state index contributed by atoms with van der Waals surface area (Å²) in [6.07, 6.45) is -0.256. The van der Waals surface area contributed by atoms with Gasteiger partial charge in [0, 0.05) is 30.2 Å². The zero-order chi connectivity index (χ0) is 32.1. The molecule has 9 nitrogen and oxygen atoms in total. The number of imidazole rings is 1. The number of esters is 1. The minimum Gasteiger partial charge on any atom is -0.473 e. The number of nitriles is 1. The quantitative estimate of drug-likeness (QED) is 0.131. The Kier molecular flexibility index (Phi) is 9.29. The number of pyridine rings is 2. The van der Waals surface area contributed by atoms with E-state index in [-0.39, 0.29) is 76.1 Å². The molecule has 0 saturated carbocycles. The number of rotatable bonds is 11. The van der Waals surface area contributed by atoms with Crippen LogP contribution in [0, 0.1) is 28.8 Å². The molecule has 3 aromatic heterocycles. The Morgan fingerprint density at radius 2 is 1.76 bits per heavy atom. The average molecular weight is 624 g/mol. The van der Waals surface area contributed by atoms with Crippen LogP contribution in [0.1, 0.15) is 33.0 Å². The number of nitrogens with zero attached hydrogens (tertiary/aromatic N) is 5. The number of carbonyl (C=O) groups excluding carboxylic acids is 1. The van der Waals surface area contributed by atoms with Crippen LogP contribution in [0.3, 0.4) is 0 Å². The Hall–Kier alpha value is -5.42. The van der Waals surface area contributed by atoms with E-state index in [0.717, 1.165) is 18.2 Å². The zero-order valence-electron chi connectivity index (χ0n) is 23.4. The number of methoxy groups -OCH3 is 1. The van der Waals surface area contributed by atoms with Gasteiger partial charge in [0.25, 0.3) is 0 Å². The number of aromatic nitrogens is 4. The van der Waals surface area contributed by atoms with Crippen molar-refractivity contribution in [2.75, 3.05) is 13.7 Å². The van der Waals surface area contributed by atoms with Crippen molar-refractivity contribution in [1.82, 2.24) is 19.5 Å². The molecule has 0 aliphatic heterocycles. The van der Waals surface area contributed by atoms with Crippen LogP contribution in [0.15, 0.2) is 60.7 Å². The number of hydrogen-bond acceptors (Lipinski definition) is 8. The maximum atomic E-state index is 15.4. The molecule has 2 aromatic carbocycles. The van der Waals surface area contributed by atoms with Crippen molar-refractivity contribution < 1.29 is 41.0 Å². The fraction of sp³-hybridized carbons (Fsp3) is 0.194. The van der Waals surface area contributed by atoms with E-state index in [1.54, 1.807) is 0 Å². The second-order valence-corrected chi connectivity index (χ2v) is 9.51. The lowest BCUT2D eigenvalue weighted by Gasteiger charge is -2.12. The lowest BCUT2D eigenvalue weighted by atomic mass is 10.0. The largest absolute Gasteiger partial charge is 0.473 e. The molecule has 5 aromatic rings. The molecule has 3 heterocycles. The van der Waals surface area contributed by atoms with Crippen LogP contribution >= 0.6 is 0 Å². The minimum atomic E-state index is -3.03. The van der Waals surface area contributed by atoms with E-state index in [2.05, 4.69) is 24.4 Å². The van der Waals surface area contributed by atoms with Gasteiger partial charge in [-0.1, -0.05) is 12.1 Å². The van der Waals surface area contributed by atoms with Crippen LogP contribution in [0.25, 0.3) is 22.4 Å². The van der Waals surface area contributed by atoms with Crippen LogP contribution in [0.4, 0.5) is 22.0 Å². The highest BCUT2D eigenvalue weighted by molar-refractivity contribution is 5.89. The lowest BCUT2D eigenvalue weighted by molar-refractivity contribution is -0.130. The highest BCUT2D eigenvalue weighted by Crippen LogP contribution is 2.28. The van der Waals surface area contributed by atoms with Gasteiger partial charge in [0.15, 0.2) is 11.3 Å². The van der Waals surface area contributed by atoms with E-state index >= 15 is 8.78 Å². The Morgan fingerprint density at radius 1 is 0.956 bits per heavy atom. The van der Waals surface area contributed by atoms with E-state index in [1.807, 2.05) is 6.07 Å². The minimum absolute atomic E-state index is 0.0266. The van der Waals surface area contributed by atoms with E-state index in [1.165, 1.54) is 54.1 Å². The van der Waals surface area contributed by atoms with Gasteiger partial charge in [-0.15, -0.1) is 0 Å². The molecule has 0 radical (unpaired) electrons. The molecule has 0 aliphatic rings. The number of carbonyl (C=O) groups is 1. The second-order valence-electron chi connectivity index (χ2n) is 9.51. The number of ether oxygens (including phenoxy) is 3. The van der Waals surface area contributed by atoms with E-state index in [4.69, 9.17) is 10.00 Å². The van der Waals surface area contributed by atoms with Crippen molar-refractivity contribution in [3.8, 4) is 23.2 Å². The molecule has 230 valence electrons. The molecular formula is C31H22F5N5O4. The number of alkyl halides is 2. The molecule has 45 heavy (non-hydrogen) atoms. The van der Waals surface area contributed by atoms with Gasteiger partial charge in [-0.2, -0.15) is 14.0 Å². The van der Waals surface area contributed by atoms with Crippen LogP contribution in [0.2, 0.25) is 0 Å². The first-order chi connectivity index (χ1) is 21.7. The van der Waals surface area contributed by atoms with Crippen LogP contribution in [0.5, 0.6) is 5.88 Å². The van der Waals surface area contributed by atoms with Crippen molar-refractivity contribution in [3.05, 3.63) is 106 Å². The summed E-state index contributed by atoms with van der Waals surface area (Å²) >= 11 is 0. The van der Waals surface area contributed by atoms with Crippen molar-refractivity contribution in [3.63, 3.8) is 0 Å². The molecule has 0 amide bonds. The predicted molar refractivity (Wildman–Crippen MR) is 149 cm³/mol. The summed E-state index contributed by atoms with van der Waals surface area (Å²) in [5, 5.41) is 8.89.